The summed E-state index contributed by atoms with van der Waals surface area (Å²) in [6.45, 7) is 1.92. The van der Waals surface area contributed by atoms with Gasteiger partial charge in [0.2, 0.25) is 0 Å². The zero-order valence-corrected chi connectivity index (χ0v) is 9.77. The summed E-state index contributed by atoms with van der Waals surface area (Å²) in [5, 5.41) is 11.0. The fraction of sp³-hybridized carbons (Fsp3) is 0.0714. The monoisotopic (exact) mass is 245 g/mol. The van der Waals surface area contributed by atoms with Gasteiger partial charge in [-0.25, -0.2) is 9.18 Å². The van der Waals surface area contributed by atoms with Crippen molar-refractivity contribution in [1.29, 1.82) is 0 Å². The number of anilines is 1. The molecule has 2 rings (SSSR count). The topological polar surface area (TPSA) is 49.3 Å². The first kappa shape index (κ1) is 12.1. The predicted molar refractivity (Wildman–Crippen MR) is 68.2 cm³/mol. The van der Waals surface area contributed by atoms with Gasteiger partial charge in [-0.15, -0.1) is 0 Å². The van der Waals surface area contributed by atoms with E-state index in [4.69, 9.17) is 5.11 Å². The number of hydrogen-bond donors (Lipinski definition) is 2. The van der Waals surface area contributed by atoms with E-state index in [-0.39, 0.29) is 0 Å². The molecule has 92 valence electrons. The maximum absolute atomic E-state index is 13.3. The van der Waals surface area contributed by atoms with Gasteiger partial charge in [0.1, 0.15) is 5.82 Å². The van der Waals surface area contributed by atoms with Crippen molar-refractivity contribution in [3.8, 4) is 11.1 Å². The normalized spacial score (nSPS) is 10.1. The Labute approximate surface area is 104 Å². The van der Waals surface area contributed by atoms with Gasteiger partial charge in [0, 0.05) is 5.56 Å². The van der Waals surface area contributed by atoms with Crippen LogP contribution in [0, 0.1) is 12.7 Å². The zero-order valence-electron chi connectivity index (χ0n) is 9.77. The number of amides is 1. The van der Waals surface area contributed by atoms with Crippen LogP contribution in [0.25, 0.3) is 11.1 Å². The standard InChI is InChI=1S/C14H12FNO2/c1-9-3-2-4-10(7-9)12-8-11(15)5-6-13(12)16-14(17)18/h2-8,16H,1H3,(H,17,18). The van der Waals surface area contributed by atoms with E-state index in [1.54, 1.807) is 0 Å². The molecule has 3 nitrogen and oxygen atoms in total. The third-order valence-corrected chi connectivity index (χ3v) is 2.55. The number of halogens is 1. The molecule has 0 aromatic heterocycles. The Hall–Kier alpha value is -2.36. The summed E-state index contributed by atoms with van der Waals surface area (Å²) in [5.74, 6) is -0.401. The third-order valence-electron chi connectivity index (χ3n) is 2.55. The second kappa shape index (κ2) is 4.87. The highest BCUT2D eigenvalue weighted by atomic mass is 19.1. The summed E-state index contributed by atoms with van der Waals surface area (Å²) in [6, 6.07) is 11.4. The molecule has 2 aromatic rings. The zero-order chi connectivity index (χ0) is 13.1. The summed E-state index contributed by atoms with van der Waals surface area (Å²) in [7, 11) is 0. The Morgan fingerprint density at radius 1 is 1.22 bits per heavy atom. The van der Waals surface area contributed by atoms with Crippen molar-refractivity contribution in [3.63, 3.8) is 0 Å². The van der Waals surface area contributed by atoms with E-state index in [1.165, 1.54) is 18.2 Å². The van der Waals surface area contributed by atoms with E-state index in [9.17, 15) is 9.18 Å². The summed E-state index contributed by atoms with van der Waals surface area (Å²) >= 11 is 0. The average Bonchev–Trinajstić information content (AvgIpc) is 2.31. The molecule has 0 heterocycles. The largest absolute Gasteiger partial charge is 0.465 e. The van der Waals surface area contributed by atoms with Gasteiger partial charge in [-0.2, -0.15) is 0 Å². The highest BCUT2D eigenvalue weighted by molar-refractivity contribution is 5.90. The first-order chi connectivity index (χ1) is 8.56. The lowest BCUT2D eigenvalue weighted by atomic mass is 10.0. The summed E-state index contributed by atoms with van der Waals surface area (Å²) in [4.78, 5) is 10.7. The minimum atomic E-state index is -1.17. The molecule has 0 fully saturated rings. The highest BCUT2D eigenvalue weighted by Gasteiger charge is 2.09. The second-order valence-electron chi connectivity index (χ2n) is 3.99. The maximum Gasteiger partial charge on any atom is 0.409 e. The van der Waals surface area contributed by atoms with Gasteiger partial charge < -0.3 is 5.11 Å². The molecule has 0 spiro atoms. The van der Waals surface area contributed by atoms with Crippen LogP contribution >= 0.6 is 0 Å². The molecule has 4 heteroatoms. The van der Waals surface area contributed by atoms with Crippen LogP contribution in [0.2, 0.25) is 0 Å². The average molecular weight is 245 g/mol. The van der Waals surface area contributed by atoms with Crippen LogP contribution in [0.15, 0.2) is 42.5 Å². The van der Waals surface area contributed by atoms with Crippen molar-refractivity contribution in [2.24, 2.45) is 0 Å². The fourth-order valence-corrected chi connectivity index (χ4v) is 1.79. The van der Waals surface area contributed by atoms with Crippen LogP contribution in [0.4, 0.5) is 14.9 Å². The first-order valence-corrected chi connectivity index (χ1v) is 5.43. The van der Waals surface area contributed by atoms with Crippen molar-refractivity contribution in [2.45, 2.75) is 6.92 Å². The van der Waals surface area contributed by atoms with E-state index in [1.807, 2.05) is 31.2 Å². The SMILES string of the molecule is Cc1cccc(-c2cc(F)ccc2NC(=O)O)c1. The van der Waals surface area contributed by atoms with Crippen LogP contribution in [-0.2, 0) is 0 Å². The molecular weight excluding hydrogens is 233 g/mol. The molecule has 0 radical (unpaired) electrons. The molecule has 0 atom stereocenters. The molecule has 0 unspecified atom stereocenters. The number of carboxylic acid groups (broad SMARTS) is 1. The summed E-state index contributed by atoms with van der Waals surface area (Å²) in [5.41, 5.74) is 2.70. The van der Waals surface area contributed by atoms with Crippen molar-refractivity contribution in [2.75, 3.05) is 5.32 Å². The fourth-order valence-electron chi connectivity index (χ4n) is 1.79. The second-order valence-corrected chi connectivity index (χ2v) is 3.99. The minimum absolute atomic E-state index is 0.370. The Kier molecular flexibility index (Phi) is 3.28. The molecule has 0 saturated carbocycles. The van der Waals surface area contributed by atoms with Gasteiger partial charge in [0.15, 0.2) is 0 Å². The lowest BCUT2D eigenvalue weighted by Crippen LogP contribution is -2.08. The van der Waals surface area contributed by atoms with Crippen molar-refractivity contribution >= 4 is 11.8 Å². The van der Waals surface area contributed by atoms with Crippen molar-refractivity contribution in [3.05, 3.63) is 53.8 Å². The summed E-state index contributed by atoms with van der Waals surface area (Å²) < 4.78 is 13.3. The quantitative estimate of drug-likeness (QED) is 0.843. The van der Waals surface area contributed by atoms with E-state index in [2.05, 4.69) is 5.32 Å². The molecule has 0 bridgehead atoms. The smallest absolute Gasteiger partial charge is 0.409 e. The van der Waals surface area contributed by atoms with Crippen LogP contribution in [-0.4, -0.2) is 11.2 Å². The van der Waals surface area contributed by atoms with Crippen LogP contribution < -0.4 is 5.32 Å². The minimum Gasteiger partial charge on any atom is -0.465 e. The molecule has 2 aromatic carbocycles. The van der Waals surface area contributed by atoms with Crippen LogP contribution in [0.1, 0.15) is 5.56 Å². The van der Waals surface area contributed by atoms with Gasteiger partial charge in [-0.1, -0.05) is 29.8 Å². The number of aryl methyl sites for hydroxylation is 1. The Morgan fingerprint density at radius 2 is 2.00 bits per heavy atom. The van der Waals surface area contributed by atoms with Gasteiger partial charge in [0.05, 0.1) is 5.69 Å². The van der Waals surface area contributed by atoms with Crippen molar-refractivity contribution < 1.29 is 14.3 Å². The number of nitrogens with one attached hydrogen (secondary N) is 1. The van der Waals surface area contributed by atoms with E-state index < -0.39 is 11.9 Å². The Balaban J connectivity index is 2.54. The molecule has 0 aliphatic heterocycles. The maximum atomic E-state index is 13.3. The number of rotatable bonds is 2. The predicted octanol–water partition coefficient (Wildman–Crippen LogP) is 3.89. The highest BCUT2D eigenvalue weighted by Crippen LogP contribution is 2.29. The molecule has 0 saturated heterocycles. The first-order valence-electron chi connectivity index (χ1n) is 5.43. The number of benzene rings is 2. The molecule has 1 amide bonds. The number of carbonyl (C=O) groups is 1. The van der Waals surface area contributed by atoms with Gasteiger partial charge in [-0.3, -0.25) is 5.32 Å². The van der Waals surface area contributed by atoms with Crippen LogP contribution in [0.5, 0.6) is 0 Å². The summed E-state index contributed by atoms with van der Waals surface area (Å²) in [6.07, 6.45) is -1.17. The molecule has 0 aliphatic carbocycles. The van der Waals surface area contributed by atoms with Crippen LogP contribution in [0.3, 0.4) is 0 Å². The van der Waals surface area contributed by atoms with Gasteiger partial charge in [-0.05, 0) is 30.7 Å². The van der Waals surface area contributed by atoms with E-state index in [0.29, 0.717) is 11.3 Å². The van der Waals surface area contributed by atoms with E-state index >= 15 is 0 Å². The Bertz CT molecular complexity index is 596. The van der Waals surface area contributed by atoms with E-state index in [0.717, 1.165) is 11.1 Å². The molecule has 0 aliphatic rings. The van der Waals surface area contributed by atoms with Gasteiger partial charge in [0.25, 0.3) is 0 Å². The molecule has 18 heavy (non-hydrogen) atoms. The molecule has 2 N–H and O–H groups in total. The molecular formula is C14H12FNO2. The third kappa shape index (κ3) is 2.66. The lowest BCUT2D eigenvalue weighted by Gasteiger charge is -2.10. The Morgan fingerprint density at radius 3 is 2.67 bits per heavy atom. The van der Waals surface area contributed by atoms with Crippen molar-refractivity contribution in [1.82, 2.24) is 0 Å². The number of hydrogen-bond acceptors (Lipinski definition) is 1. The lowest BCUT2D eigenvalue weighted by molar-refractivity contribution is 0.210. The van der Waals surface area contributed by atoms with Gasteiger partial charge >= 0.3 is 6.09 Å².